The maximum Gasteiger partial charge on any atom is 0.303 e. The van der Waals surface area contributed by atoms with Crippen molar-refractivity contribution in [1.29, 1.82) is 0 Å². The number of amides is 1. The molecule has 0 saturated heterocycles. The van der Waals surface area contributed by atoms with E-state index in [2.05, 4.69) is 32.2 Å². The van der Waals surface area contributed by atoms with Gasteiger partial charge < -0.3 is 10.1 Å². The standard InChI is InChI=1S/C15H25NO3/c1-6-13(19-11(3)17)14(18)16-12-7-10(2)8-15(4,5)9-12/h9-10,13H,6-8H2,1-5H3,(H,16,18). The second kappa shape index (κ2) is 6.22. The van der Waals surface area contributed by atoms with Gasteiger partial charge in [0, 0.05) is 12.6 Å². The van der Waals surface area contributed by atoms with Gasteiger partial charge in [0.25, 0.3) is 5.91 Å². The Morgan fingerprint density at radius 2 is 2.16 bits per heavy atom. The molecular formula is C15H25NO3. The third kappa shape index (κ3) is 5.05. The lowest BCUT2D eigenvalue weighted by atomic mass is 9.76. The second-order valence-corrected chi connectivity index (χ2v) is 6.17. The minimum atomic E-state index is -0.696. The fourth-order valence-electron chi connectivity index (χ4n) is 2.78. The molecule has 0 aromatic carbocycles. The highest BCUT2D eigenvalue weighted by molar-refractivity contribution is 5.84. The van der Waals surface area contributed by atoms with E-state index in [9.17, 15) is 9.59 Å². The fraction of sp³-hybridized carbons (Fsp3) is 0.733. The monoisotopic (exact) mass is 267 g/mol. The molecule has 1 rings (SSSR count). The maximum absolute atomic E-state index is 12.1. The van der Waals surface area contributed by atoms with Gasteiger partial charge in [0.05, 0.1) is 0 Å². The van der Waals surface area contributed by atoms with Gasteiger partial charge >= 0.3 is 5.97 Å². The lowest BCUT2D eigenvalue weighted by Gasteiger charge is -2.32. The molecule has 4 heteroatoms. The summed E-state index contributed by atoms with van der Waals surface area (Å²) in [6.45, 7) is 9.66. The minimum absolute atomic E-state index is 0.101. The molecule has 0 saturated carbocycles. The van der Waals surface area contributed by atoms with Crippen LogP contribution >= 0.6 is 0 Å². The van der Waals surface area contributed by atoms with Crippen LogP contribution in [0.5, 0.6) is 0 Å². The Labute approximate surface area is 115 Å². The first-order valence-electron chi connectivity index (χ1n) is 6.93. The van der Waals surface area contributed by atoms with Crippen LogP contribution in [0, 0.1) is 11.3 Å². The number of carbonyl (C=O) groups excluding carboxylic acids is 2. The number of allylic oxidation sites excluding steroid dienone is 2. The van der Waals surface area contributed by atoms with Crippen LogP contribution in [-0.2, 0) is 14.3 Å². The van der Waals surface area contributed by atoms with Gasteiger partial charge in [-0.25, -0.2) is 0 Å². The first kappa shape index (κ1) is 15.7. The van der Waals surface area contributed by atoms with Crippen molar-refractivity contribution in [3.05, 3.63) is 11.8 Å². The number of rotatable bonds is 4. The molecular weight excluding hydrogens is 242 g/mol. The molecule has 0 aliphatic heterocycles. The smallest absolute Gasteiger partial charge is 0.303 e. The lowest BCUT2D eigenvalue weighted by molar-refractivity contribution is -0.153. The number of nitrogens with one attached hydrogen (secondary N) is 1. The Kier molecular flexibility index (Phi) is 5.15. The van der Waals surface area contributed by atoms with Crippen molar-refractivity contribution in [2.24, 2.45) is 11.3 Å². The van der Waals surface area contributed by atoms with E-state index in [4.69, 9.17) is 4.74 Å². The van der Waals surface area contributed by atoms with Crippen LogP contribution in [0.1, 0.15) is 53.9 Å². The van der Waals surface area contributed by atoms with Gasteiger partial charge in [0.15, 0.2) is 6.10 Å². The Balaban J connectivity index is 2.70. The highest BCUT2D eigenvalue weighted by atomic mass is 16.5. The molecule has 1 aliphatic rings. The molecule has 0 fully saturated rings. The number of esters is 1. The van der Waals surface area contributed by atoms with Crippen molar-refractivity contribution in [3.8, 4) is 0 Å². The Bertz CT molecular complexity index is 385. The molecule has 108 valence electrons. The third-order valence-electron chi connectivity index (χ3n) is 3.26. The van der Waals surface area contributed by atoms with E-state index in [1.807, 2.05) is 6.92 Å². The number of ether oxygens (including phenoxy) is 1. The quantitative estimate of drug-likeness (QED) is 0.797. The van der Waals surface area contributed by atoms with Crippen LogP contribution in [0.25, 0.3) is 0 Å². The Morgan fingerprint density at radius 3 is 2.63 bits per heavy atom. The summed E-state index contributed by atoms with van der Waals surface area (Å²) in [4.78, 5) is 23.0. The van der Waals surface area contributed by atoms with Gasteiger partial charge in [-0.1, -0.05) is 33.8 Å². The summed E-state index contributed by atoms with van der Waals surface area (Å²) in [6, 6.07) is 0. The van der Waals surface area contributed by atoms with E-state index < -0.39 is 12.1 Å². The number of hydrogen-bond donors (Lipinski definition) is 1. The largest absolute Gasteiger partial charge is 0.452 e. The topological polar surface area (TPSA) is 55.4 Å². The number of hydrogen-bond acceptors (Lipinski definition) is 3. The average Bonchev–Trinajstić information content (AvgIpc) is 2.22. The van der Waals surface area contributed by atoms with Crippen LogP contribution in [0.15, 0.2) is 11.8 Å². The molecule has 0 spiro atoms. The Morgan fingerprint density at radius 1 is 1.53 bits per heavy atom. The van der Waals surface area contributed by atoms with Gasteiger partial charge in [-0.3, -0.25) is 9.59 Å². The van der Waals surface area contributed by atoms with Crippen molar-refractivity contribution in [1.82, 2.24) is 5.32 Å². The Hall–Kier alpha value is -1.32. The summed E-state index contributed by atoms with van der Waals surface area (Å²) in [5.41, 5.74) is 1.04. The SMILES string of the molecule is CCC(OC(C)=O)C(=O)NC1=CC(C)(C)CC(C)C1. The summed E-state index contributed by atoms with van der Waals surface area (Å²) in [6.07, 6.45) is 3.89. The lowest BCUT2D eigenvalue weighted by Crippen LogP contribution is -2.38. The molecule has 2 atom stereocenters. The predicted octanol–water partition coefficient (Wildman–Crippen LogP) is 2.78. The average molecular weight is 267 g/mol. The maximum atomic E-state index is 12.1. The second-order valence-electron chi connectivity index (χ2n) is 6.17. The highest BCUT2D eigenvalue weighted by Gasteiger charge is 2.27. The van der Waals surface area contributed by atoms with Gasteiger partial charge in [-0.2, -0.15) is 0 Å². The zero-order valence-electron chi connectivity index (χ0n) is 12.6. The summed E-state index contributed by atoms with van der Waals surface area (Å²) in [7, 11) is 0. The molecule has 4 nitrogen and oxygen atoms in total. The van der Waals surface area contributed by atoms with Crippen LogP contribution in [0.3, 0.4) is 0 Å². The van der Waals surface area contributed by atoms with E-state index in [0.29, 0.717) is 12.3 Å². The molecule has 0 radical (unpaired) electrons. The minimum Gasteiger partial charge on any atom is -0.452 e. The van der Waals surface area contributed by atoms with Crippen molar-refractivity contribution in [2.45, 2.75) is 60.0 Å². The molecule has 2 unspecified atom stereocenters. The van der Waals surface area contributed by atoms with Gasteiger partial charge in [0.2, 0.25) is 0 Å². The van der Waals surface area contributed by atoms with Crippen LogP contribution in [-0.4, -0.2) is 18.0 Å². The van der Waals surface area contributed by atoms with Gasteiger partial charge in [-0.05, 0) is 30.6 Å². The van der Waals surface area contributed by atoms with Crippen LogP contribution < -0.4 is 5.32 Å². The van der Waals surface area contributed by atoms with Crippen LogP contribution in [0.4, 0.5) is 0 Å². The van der Waals surface area contributed by atoms with Crippen molar-refractivity contribution in [3.63, 3.8) is 0 Å². The fourth-order valence-corrected chi connectivity index (χ4v) is 2.78. The zero-order chi connectivity index (χ0) is 14.6. The highest BCUT2D eigenvalue weighted by Crippen LogP contribution is 2.35. The summed E-state index contributed by atoms with van der Waals surface area (Å²) < 4.78 is 5.00. The molecule has 1 N–H and O–H groups in total. The van der Waals surface area contributed by atoms with E-state index in [1.165, 1.54) is 6.92 Å². The first-order valence-corrected chi connectivity index (χ1v) is 6.93. The van der Waals surface area contributed by atoms with Gasteiger partial charge in [0.1, 0.15) is 0 Å². The van der Waals surface area contributed by atoms with E-state index >= 15 is 0 Å². The number of carbonyl (C=O) groups is 2. The third-order valence-corrected chi connectivity index (χ3v) is 3.26. The summed E-state index contributed by atoms with van der Waals surface area (Å²) in [5, 5.41) is 2.91. The molecule has 0 bridgehead atoms. The molecule has 0 aromatic heterocycles. The first-order chi connectivity index (χ1) is 8.73. The zero-order valence-corrected chi connectivity index (χ0v) is 12.6. The summed E-state index contributed by atoms with van der Waals surface area (Å²) in [5.74, 6) is -0.105. The van der Waals surface area contributed by atoms with E-state index in [-0.39, 0.29) is 11.3 Å². The molecule has 19 heavy (non-hydrogen) atoms. The van der Waals surface area contributed by atoms with Crippen molar-refractivity contribution >= 4 is 11.9 Å². The molecule has 1 aliphatic carbocycles. The molecule has 1 amide bonds. The predicted molar refractivity (Wildman–Crippen MR) is 74.2 cm³/mol. The van der Waals surface area contributed by atoms with Crippen molar-refractivity contribution < 1.29 is 14.3 Å². The van der Waals surface area contributed by atoms with Crippen molar-refractivity contribution in [2.75, 3.05) is 0 Å². The molecule has 0 heterocycles. The summed E-state index contributed by atoms with van der Waals surface area (Å²) >= 11 is 0. The normalized spacial score (nSPS) is 23.2. The van der Waals surface area contributed by atoms with E-state index in [0.717, 1.165) is 18.5 Å². The molecule has 0 aromatic rings. The van der Waals surface area contributed by atoms with E-state index in [1.54, 1.807) is 0 Å². The van der Waals surface area contributed by atoms with Crippen LogP contribution in [0.2, 0.25) is 0 Å². The van der Waals surface area contributed by atoms with Gasteiger partial charge in [-0.15, -0.1) is 0 Å².